The number of para-hydroxylation sites is 1. The second-order valence-electron chi connectivity index (χ2n) is 6.75. The molecule has 5 nitrogen and oxygen atoms in total. The number of rotatable bonds is 8. The largest absolute Gasteiger partial charge is 0.351 e. The van der Waals surface area contributed by atoms with Crippen molar-refractivity contribution in [2.24, 2.45) is 0 Å². The maximum atomic E-state index is 12.7. The molecule has 0 bridgehead atoms. The summed E-state index contributed by atoms with van der Waals surface area (Å²) in [4.78, 5) is 26.8. The fraction of sp³-hybridized carbons (Fsp3) is 0.364. The van der Waals surface area contributed by atoms with E-state index in [0.29, 0.717) is 17.7 Å². The molecule has 27 heavy (non-hydrogen) atoms. The molecule has 0 aliphatic carbocycles. The predicted octanol–water partition coefficient (Wildman–Crippen LogP) is 3.36. The highest BCUT2D eigenvalue weighted by atomic mass is 16.2. The summed E-state index contributed by atoms with van der Waals surface area (Å²) in [6.07, 6.45) is 1.71. The summed E-state index contributed by atoms with van der Waals surface area (Å²) in [6.45, 7) is 5.52. The van der Waals surface area contributed by atoms with Crippen LogP contribution in [0.1, 0.15) is 45.7 Å². The third-order valence-electron chi connectivity index (χ3n) is 4.49. The van der Waals surface area contributed by atoms with Gasteiger partial charge in [-0.15, -0.1) is 0 Å². The van der Waals surface area contributed by atoms with Crippen molar-refractivity contribution in [1.82, 2.24) is 10.2 Å². The zero-order valence-electron chi connectivity index (χ0n) is 16.6. The molecule has 0 atom stereocenters. The van der Waals surface area contributed by atoms with Crippen molar-refractivity contribution in [3.63, 3.8) is 0 Å². The average molecular weight is 367 g/mol. The van der Waals surface area contributed by atoms with Crippen molar-refractivity contribution >= 4 is 17.5 Å². The summed E-state index contributed by atoms with van der Waals surface area (Å²) < 4.78 is 0. The molecule has 2 rings (SSSR count). The second kappa shape index (κ2) is 9.88. The Kier molecular flexibility index (Phi) is 7.55. The number of likely N-dealkylation sites (N-methyl/N-ethyl adjacent to an activating group) is 1. The standard InChI is InChI=1S/C22H29N3O2/c1-5-16-8-7-9-17(6-2)20(16)24-22(27)19-12-10-18(11-13-19)21(26)23-14-15-25(3)4/h7-13H,5-6,14-15H2,1-4H3,(H,23,26)(H,24,27). The summed E-state index contributed by atoms with van der Waals surface area (Å²) >= 11 is 0. The number of hydrogen-bond acceptors (Lipinski definition) is 3. The van der Waals surface area contributed by atoms with Crippen LogP contribution in [0.2, 0.25) is 0 Å². The third kappa shape index (κ3) is 5.66. The molecule has 0 heterocycles. The summed E-state index contributed by atoms with van der Waals surface area (Å²) in [7, 11) is 3.92. The molecule has 0 spiro atoms. The fourth-order valence-corrected chi connectivity index (χ4v) is 2.86. The molecule has 0 saturated carbocycles. The normalized spacial score (nSPS) is 10.7. The molecule has 2 amide bonds. The molecule has 0 aliphatic rings. The Bertz CT molecular complexity index is 760. The van der Waals surface area contributed by atoms with Crippen LogP contribution in [0.5, 0.6) is 0 Å². The van der Waals surface area contributed by atoms with Crippen LogP contribution in [-0.2, 0) is 12.8 Å². The van der Waals surface area contributed by atoms with Gasteiger partial charge in [0.15, 0.2) is 0 Å². The highest BCUT2D eigenvalue weighted by Crippen LogP contribution is 2.23. The van der Waals surface area contributed by atoms with Crippen molar-refractivity contribution in [3.05, 3.63) is 64.7 Å². The molecular formula is C22H29N3O2. The predicted molar refractivity (Wildman–Crippen MR) is 110 cm³/mol. The van der Waals surface area contributed by atoms with Crippen molar-refractivity contribution in [2.45, 2.75) is 26.7 Å². The summed E-state index contributed by atoms with van der Waals surface area (Å²) in [5, 5.41) is 5.92. The number of aryl methyl sites for hydroxylation is 2. The Hall–Kier alpha value is -2.66. The van der Waals surface area contributed by atoms with Crippen LogP contribution in [0.4, 0.5) is 5.69 Å². The third-order valence-corrected chi connectivity index (χ3v) is 4.49. The first-order valence-corrected chi connectivity index (χ1v) is 9.41. The van der Waals surface area contributed by atoms with E-state index in [1.807, 2.05) is 37.2 Å². The molecule has 144 valence electrons. The van der Waals surface area contributed by atoms with Gasteiger partial charge in [0.2, 0.25) is 0 Å². The monoisotopic (exact) mass is 367 g/mol. The number of amides is 2. The SMILES string of the molecule is CCc1cccc(CC)c1NC(=O)c1ccc(C(=O)NCCN(C)C)cc1. The summed E-state index contributed by atoms with van der Waals surface area (Å²) in [5.74, 6) is -0.293. The van der Waals surface area contributed by atoms with Gasteiger partial charge in [-0.2, -0.15) is 0 Å². The van der Waals surface area contributed by atoms with Gasteiger partial charge in [-0.05, 0) is 62.3 Å². The van der Waals surface area contributed by atoms with E-state index in [1.54, 1.807) is 24.3 Å². The highest BCUT2D eigenvalue weighted by molar-refractivity contribution is 6.05. The molecule has 0 saturated heterocycles. The topological polar surface area (TPSA) is 61.4 Å². The van der Waals surface area contributed by atoms with E-state index in [4.69, 9.17) is 0 Å². The summed E-state index contributed by atoms with van der Waals surface area (Å²) in [6, 6.07) is 12.9. The smallest absolute Gasteiger partial charge is 0.255 e. The molecule has 2 N–H and O–H groups in total. The lowest BCUT2D eigenvalue weighted by Gasteiger charge is -2.14. The number of hydrogen-bond donors (Lipinski definition) is 2. The highest BCUT2D eigenvalue weighted by Gasteiger charge is 2.13. The van der Waals surface area contributed by atoms with Gasteiger partial charge in [0.05, 0.1) is 0 Å². The first kappa shape index (κ1) is 20.6. The van der Waals surface area contributed by atoms with E-state index in [0.717, 1.165) is 36.2 Å². The van der Waals surface area contributed by atoms with Crippen LogP contribution in [0, 0.1) is 0 Å². The Labute approximate surface area is 161 Å². The van der Waals surface area contributed by atoms with Crippen molar-refractivity contribution in [3.8, 4) is 0 Å². The van der Waals surface area contributed by atoms with E-state index < -0.39 is 0 Å². The molecule has 0 aliphatic heterocycles. The molecular weight excluding hydrogens is 338 g/mol. The quantitative estimate of drug-likeness (QED) is 0.752. The first-order chi connectivity index (χ1) is 13.0. The van der Waals surface area contributed by atoms with E-state index in [9.17, 15) is 9.59 Å². The van der Waals surface area contributed by atoms with E-state index >= 15 is 0 Å². The van der Waals surface area contributed by atoms with E-state index in [1.165, 1.54) is 0 Å². The number of nitrogens with one attached hydrogen (secondary N) is 2. The zero-order chi connectivity index (χ0) is 19.8. The lowest BCUT2D eigenvalue weighted by Crippen LogP contribution is -2.31. The van der Waals surface area contributed by atoms with Gasteiger partial charge in [0.1, 0.15) is 0 Å². The van der Waals surface area contributed by atoms with E-state index in [-0.39, 0.29) is 11.8 Å². The average Bonchev–Trinajstić information content (AvgIpc) is 2.67. The van der Waals surface area contributed by atoms with Crippen LogP contribution in [0.25, 0.3) is 0 Å². The van der Waals surface area contributed by atoms with Crippen molar-refractivity contribution < 1.29 is 9.59 Å². The minimum atomic E-state index is -0.162. The molecule has 2 aromatic rings. The molecule has 2 aromatic carbocycles. The Morgan fingerprint density at radius 1 is 0.852 bits per heavy atom. The molecule has 0 radical (unpaired) electrons. The molecule has 0 fully saturated rings. The number of benzene rings is 2. The molecule has 5 heteroatoms. The first-order valence-electron chi connectivity index (χ1n) is 9.41. The Morgan fingerprint density at radius 2 is 1.37 bits per heavy atom. The van der Waals surface area contributed by atoms with Gasteiger partial charge < -0.3 is 15.5 Å². The minimum absolute atomic E-state index is 0.131. The van der Waals surface area contributed by atoms with Crippen LogP contribution in [-0.4, -0.2) is 43.9 Å². The van der Waals surface area contributed by atoms with Gasteiger partial charge in [0, 0.05) is 29.9 Å². The number of carbonyl (C=O) groups is 2. The van der Waals surface area contributed by atoms with Gasteiger partial charge >= 0.3 is 0 Å². The van der Waals surface area contributed by atoms with E-state index in [2.05, 4.69) is 24.5 Å². The van der Waals surface area contributed by atoms with Crippen LogP contribution < -0.4 is 10.6 Å². The lowest BCUT2D eigenvalue weighted by atomic mass is 10.0. The fourth-order valence-electron chi connectivity index (χ4n) is 2.86. The van der Waals surface area contributed by atoms with Crippen molar-refractivity contribution in [1.29, 1.82) is 0 Å². The molecule has 0 aromatic heterocycles. The zero-order valence-corrected chi connectivity index (χ0v) is 16.6. The van der Waals surface area contributed by atoms with Crippen molar-refractivity contribution in [2.75, 3.05) is 32.5 Å². The number of anilines is 1. The van der Waals surface area contributed by atoms with Crippen LogP contribution in [0.3, 0.4) is 0 Å². The van der Waals surface area contributed by atoms with Gasteiger partial charge in [-0.1, -0.05) is 32.0 Å². The molecule has 0 unspecified atom stereocenters. The van der Waals surface area contributed by atoms with Crippen LogP contribution in [0.15, 0.2) is 42.5 Å². The van der Waals surface area contributed by atoms with Gasteiger partial charge in [-0.25, -0.2) is 0 Å². The van der Waals surface area contributed by atoms with Crippen LogP contribution >= 0.6 is 0 Å². The van der Waals surface area contributed by atoms with Gasteiger partial charge in [0.25, 0.3) is 11.8 Å². The maximum Gasteiger partial charge on any atom is 0.255 e. The Morgan fingerprint density at radius 3 is 1.85 bits per heavy atom. The number of carbonyl (C=O) groups excluding carboxylic acids is 2. The number of nitrogens with zero attached hydrogens (tertiary/aromatic N) is 1. The maximum absolute atomic E-state index is 12.7. The minimum Gasteiger partial charge on any atom is -0.351 e. The Balaban J connectivity index is 2.07. The van der Waals surface area contributed by atoms with Gasteiger partial charge in [-0.3, -0.25) is 9.59 Å². The summed E-state index contributed by atoms with van der Waals surface area (Å²) in [5.41, 5.74) is 4.23. The lowest BCUT2D eigenvalue weighted by molar-refractivity contribution is 0.0949. The second-order valence-corrected chi connectivity index (χ2v) is 6.75.